The number of rotatable bonds is 6. The first kappa shape index (κ1) is 17.0. The second-order valence-electron chi connectivity index (χ2n) is 5.11. The van der Waals surface area contributed by atoms with Crippen LogP contribution in [-0.4, -0.2) is 12.5 Å². The van der Waals surface area contributed by atoms with E-state index in [1.165, 1.54) is 0 Å². The van der Waals surface area contributed by atoms with Gasteiger partial charge in [-0.05, 0) is 42.3 Å². The Kier molecular flexibility index (Phi) is 5.93. The summed E-state index contributed by atoms with van der Waals surface area (Å²) in [6, 6.07) is 16.5. The van der Waals surface area contributed by atoms with Crippen LogP contribution in [-0.2, 0) is 4.79 Å². The lowest BCUT2D eigenvalue weighted by molar-refractivity contribution is -0.112. The number of benzene rings is 2. The van der Waals surface area contributed by atoms with E-state index in [-0.39, 0.29) is 5.57 Å². The first-order valence-electron chi connectivity index (χ1n) is 7.46. The summed E-state index contributed by atoms with van der Waals surface area (Å²) in [7, 11) is 0. The molecule has 4 heteroatoms. The molecule has 0 heterocycles. The normalized spacial score (nSPS) is 10.6. The molecular weight excluding hydrogens is 300 g/mol. The Morgan fingerprint density at radius 2 is 1.96 bits per heavy atom. The molecule has 0 aliphatic rings. The standard InChI is InChI=1S/C20H18N2O2/c1-3-12-24-18-10-8-16(9-11-18)13-17(14-21)20(23)22-19-7-5-4-6-15(19)2/h3-11,13H,1,12H2,2H3,(H,22,23)/b17-13+. The van der Waals surface area contributed by atoms with Crippen molar-refractivity contribution < 1.29 is 9.53 Å². The zero-order chi connectivity index (χ0) is 17.4. The maximum absolute atomic E-state index is 12.3. The van der Waals surface area contributed by atoms with E-state index in [1.54, 1.807) is 42.5 Å². The zero-order valence-electron chi connectivity index (χ0n) is 13.5. The number of hydrogen-bond donors (Lipinski definition) is 1. The van der Waals surface area contributed by atoms with Gasteiger partial charge in [-0.15, -0.1) is 0 Å². The fourth-order valence-corrected chi connectivity index (χ4v) is 2.03. The maximum atomic E-state index is 12.3. The predicted molar refractivity (Wildman–Crippen MR) is 95.5 cm³/mol. The van der Waals surface area contributed by atoms with Crippen LogP contribution in [0.5, 0.6) is 5.75 Å². The third-order valence-corrected chi connectivity index (χ3v) is 3.32. The van der Waals surface area contributed by atoms with Crippen LogP contribution in [0.25, 0.3) is 6.08 Å². The molecule has 0 atom stereocenters. The molecule has 2 aromatic carbocycles. The third-order valence-electron chi connectivity index (χ3n) is 3.32. The Bertz CT molecular complexity index is 799. The number of aryl methyl sites for hydroxylation is 1. The van der Waals surface area contributed by atoms with Gasteiger partial charge in [0.2, 0.25) is 0 Å². The van der Waals surface area contributed by atoms with Crippen molar-refractivity contribution in [1.82, 2.24) is 0 Å². The van der Waals surface area contributed by atoms with Crippen molar-refractivity contribution in [2.45, 2.75) is 6.92 Å². The summed E-state index contributed by atoms with van der Waals surface area (Å²) in [6.45, 7) is 5.91. The van der Waals surface area contributed by atoms with Crippen LogP contribution in [0.2, 0.25) is 0 Å². The van der Waals surface area contributed by atoms with Crippen LogP contribution < -0.4 is 10.1 Å². The SMILES string of the molecule is C=CCOc1ccc(/C=C(\C#N)C(=O)Nc2ccccc2C)cc1. The second-order valence-corrected chi connectivity index (χ2v) is 5.11. The molecule has 0 aliphatic heterocycles. The molecule has 2 rings (SSSR count). The van der Waals surface area contributed by atoms with Gasteiger partial charge < -0.3 is 10.1 Å². The van der Waals surface area contributed by atoms with Gasteiger partial charge in [0.1, 0.15) is 24.0 Å². The van der Waals surface area contributed by atoms with Gasteiger partial charge in [0.25, 0.3) is 5.91 Å². The van der Waals surface area contributed by atoms with Crippen molar-refractivity contribution in [3.8, 4) is 11.8 Å². The topological polar surface area (TPSA) is 62.1 Å². The summed E-state index contributed by atoms with van der Waals surface area (Å²) in [4.78, 5) is 12.3. The number of nitrogens with one attached hydrogen (secondary N) is 1. The van der Waals surface area contributed by atoms with Gasteiger partial charge in [-0.1, -0.05) is 43.0 Å². The second kappa shape index (κ2) is 8.35. The number of carbonyl (C=O) groups excluding carboxylic acids is 1. The minimum Gasteiger partial charge on any atom is -0.490 e. The van der Waals surface area contributed by atoms with Crippen LogP contribution in [0.15, 0.2) is 66.8 Å². The molecule has 0 saturated carbocycles. The molecular formula is C20H18N2O2. The highest BCUT2D eigenvalue weighted by atomic mass is 16.5. The van der Waals surface area contributed by atoms with Crippen molar-refractivity contribution in [3.05, 3.63) is 77.9 Å². The van der Waals surface area contributed by atoms with E-state index in [0.29, 0.717) is 18.0 Å². The van der Waals surface area contributed by atoms with Gasteiger partial charge in [-0.2, -0.15) is 5.26 Å². The average Bonchev–Trinajstić information content (AvgIpc) is 2.60. The van der Waals surface area contributed by atoms with Crippen LogP contribution in [0.4, 0.5) is 5.69 Å². The molecule has 2 aromatic rings. The van der Waals surface area contributed by atoms with E-state index in [9.17, 15) is 10.1 Å². The number of anilines is 1. The van der Waals surface area contributed by atoms with E-state index < -0.39 is 5.91 Å². The fraction of sp³-hybridized carbons (Fsp3) is 0.100. The number of nitriles is 1. The first-order chi connectivity index (χ1) is 11.6. The van der Waals surface area contributed by atoms with Gasteiger partial charge in [-0.25, -0.2) is 0 Å². The largest absolute Gasteiger partial charge is 0.490 e. The lowest BCUT2D eigenvalue weighted by Crippen LogP contribution is -2.14. The molecule has 0 unspecified atom stereocenters. The van der Waals surface area contributed by atoms with Crippen molar-refractivity contribution in [2.24, 2.45) is 0 Å². The van der Waals surface area contributed by atoms with E-state index >= 15 is 0 Å². The quantitative estimate of drug-likeness (QED) is 0.495. The highest BCUT2D eigenvalue weighted by molar-refractivity contribution is 6.09. The molecule has 0 spiro atoms. The number of ether oxygens (including phenoxy) is 1. The third kappa shape index (κ3) is 4.59. The van der Waals surface area contributed by atoms with Crippen molar-refractivity contribution >= 4 is 17.7 Å². The van der Waals surface area contributed by atoms with Gasteiger partial charge in [-0.3, -0.25) is 4.79 Å². The number of para-hydroxylation sites is 1. The monoisotopic (exact) mass is 318 g/mol. The van der Waals surface area contributed by atoms with Gasteiger partial charge in [0, 0.05) is 5.69 Å². The van der Waals surface area contributed by atoms with E-state index in [1.807, 2.05) is 31.2 Å². The number of carbonyl (C=O) groups is 1. The summed E-state index contributed by atoms with van der Waals surface area (Å²) in [5, 5.41) is 12.0. The fourth-order valence-electron chi connectivity index (χ4n) is 2.03. The van der Waals surface area contributed by atoms with E-state index in [0.717, 1.165) is 11.1 Å². The molecule has 0 aliphatic carbocycles. The molecule has 1 N–H and O–H groups in total. The number of amides is 1. The molecule has 0 aromatic heterocycles. The Balaban J connectivity index is 2.13. The van der Waals surface area contributed by atoms with Gasteiger partial charge in [0.15, 0.2) is 0 Å². The van der Waals surface area contributed by atoms with Gasteiger partial charge >= 0.3 is 0 Å². The van der Waals surface area contributed by atoms with Crippen molar-refractivity contribution in [1.29, 1.82) is 5.26 Å². The molecule has 0 saturated heterocycles. The van der Waals surface area contributed by atoms with Crippen LogP contribution in [0.1, 0.15) is 11.1 Å². The van der Waals surface area contributed by atoms with E-state index in [4.69, 9.17) is 4.74 Å². The minimum atomic E-state index is -0.432. The lowest BCUT2D eigenvalue weighted by Gasteiger charge is -2.07. The number of hydrogen-bond acceptors (Lipinski definition) is 3. The summed E-state index contributed by atoms with van der Waals surface area (Å²) in [5.74, 6) is 0.272. The maximum Gasteiger partial charge on any atom is 0.266 e. The molecule has 0 fully saturated rings. The van der Waals surface area contributed by atoms with Crippen LogP contribution >= 0.6 is 0 Å². The summed E-state index contributed by atoms with van der Waals surface area (Å²) < 4.78 is 5.40. The summed E-state index contributed by atoms with van der Waals surface area (Å²) in [5.41, 5.74) is 2.42. The molecule has 24 heavy (non-hydrogen) atoms. The Morgan fingerprint density at radius 1 is 1.25 bits per heavy atom. The van der Waals surface area contributed by atoms with Gasteiger partial charge in [0.05, 0.1) is 0 Å². The Morgan fingerprint density at radius 3 is 2.58 bits per heavy atom. The average molecular weight is 318 g/mol. The first-order valence-corrected chi connectivity index (χ1v) is 7.46. The van der Waals surface area contributed by atoms with E-state index in [2.05, 4.69) is 11.9 Å². The Hall–Kier alpha value is -3.32. The van der Waals surface area contributed by atoms with Crippen LogP contribution in [0.3, 0.4) is 0 Å². The lowest BCUT2D eigenvalue weighted by atomic mass is 10.1. The molecule has 0 radical (unpaired) electrons. The van der Waals surface area contributed by atoms with Crippen molar-refractivity contribution in [2.75, 3.05) is 11.9 Å². The summed E-state index contributed by atoms with van der Waals surface area (Å²) >= 11 is 0. The Labute approximate surface area is 141 Å². The van der Waals surface area contributed by atoms with Crippen LogP contribution in [0, 0.1) is 18.3 Å². The highest BCUT2D eigenvalue weighted by Crippen LogP contribution is 2.17. The highest BCUT2D eigenvalue weighted by Gasteiger charge is 2.10. The molecule has 4 nitrogen and oxygen atoms in total. The molecule has 1 amide bonds. The predicted octanol–water partition coefficient (Wildman–Crippen LogP) is 4.11. The molecule has 0 bridgehead atoms. The summed E-state index contributed by atoms with van der Waals surface area (Å²) in [6.07, 6.45) is 3.21. The van der Waals surface area contributed by atoms with Crippen molar-refractivity contribution in [3.63, 3.8) is 0 Å². The minimum absolute atomic E-state index is 0.0398. The number of nitrogens with zero attached hydrogens (tertiary/aromatic N) is 1. The zero-order valence-corrected chi connectivity index (χ0v) is 13.5. The molecule has 120 valence electrons. The smallest absolute Gasteiger partial charge is 0.266 e.